The molecule has 1 saturated carbocycles. The third-order valence-corrected chi connectivity index (χ3v) is 4.29. The van der Waals surface area contributed by atoms with E-state index in [1.54, 1.807) is 0 Å². The van der Waals surface area contributed by atoms with Crippen LogP contribution >= 0.6 is 15.9 Å². The van der Waals surface area contributed by atoms with Crippen LogP contribution in [-0.2, 0) is 0 Å². The second kappa shape index (κ2) is 5.41. The molecule has 0 unspecified atom stereocenters. The molecule has 0 aromatic heterocycles. The van der Waals surface area contributed by atoms with Crippen molar-refractivity contribution in [1.82, 2.24) is 0 Å². The van der Waals surface area contributed by atoms with Crippen molar-refractivity contribution in [3.05, 3.63) is 63.6 Å². The van der Waals surface area contributed by atoms with Gasteiger partial charge in [0.2, 0.25) is 0 Å². The second-order valence-corrected chi connectivity index (χ2v) is 5.94. The van der Waals surface area contributed by atoms with Crippen molar-refractivity contribution in [1.29, 1.82) is 0 Å². The zero-order chi connectivity index (χ0) is 14.1. The van der Waals surface area contributed by atoms with E-state index in [2.05, 4.69) is 15.9 Å². The predicted molar refractivity (Wildman–Crippen MR) is 82.4 cm³/mol. The van der Waals surface area contributed by atoms with Gasteiger partial charge in [-0.2, -0.15) is 0 Å². The molecule has 20 heavy (non-hydrogen) atoms. The first-order chi connectivity index (χ1) is 9.65. The number of halogens is 1. The number of hydrogen-bond donors (Lipinski definition) is 0. The SMILES string of the molecule is Cc1c(Br)cccc1C(=O)c1cccc(OC2CC2)c1. The van der Waals surface area contributed by atoms with Crippen LogP contribution < -0.4 is 4.74 Å². The van der Waals surface area contributed by atoms with Gasteiger partial charge in [0.05, 0.1) is 6.10 Å². The highest BCUT2D eigenvalue weighted by Gasteiger charge is 2.23. The van der Waals surface area contributed by atoms with E-state index in [9.17, 15) is 4.79 Å². The minimum atomic E-state index is 0.0325. The lowest BCUT2D eigenvalue weighted by Gasteiger charge is -2.09. The first-order valence-electron chi connectivity index (χ1n) is 6.71. The Labute approximate surface area is 126 Å². The van der Waals surface area contributed by atoms with E-state index in [4.69, 9.17) is 4.74 Å². The normalized spacial score (nSPS) is 14.1. The smallest absolute Gasteiger partial charge is 0.193 e. The Morgan fingerprint density at radius 1 is 1.20 bits per heavy atom. The summed E-state index contributed by atoms with van der Waals surface area (Å²) in [4.78, 5) is 12.6. The summed E-state index contributed by atoms with van der Waals surface area (Å²) in [5.74, 6) is 0.816. The molecule has 0 heterocycles. The third kappa shape index (κ3) is 2.78. The van der Waals surface area contributed by atoms with Gasteiger partial charge in [0.15, 0.2) is 5.78 Å². The molecule has 0 atom stereocenters. The van der Waals surface area contributed by atoms with E-state index >= 15 is 0 Å². The molecule has 3 rings (SSSR count). The molecule has 2 aromatic rings. The van der Waals surface area contributed by atoms with Gasteiger partial charge in [-0.1, -0.05) is 40.2 Å². The van der Waals surface area contributed by atoms with Gasteiger partial charge in [-0.05, 0) is 43.5 Å². The van der Waals surface area contributed by atoms with Gasteiger partial charge in [-0.15, -0.1) is 0 Å². The average molecular weight is 331 g/mol. The summed E-state index contributed by atoms with van der Waals surface area (Å²) in [7, 11) is 0. The number of hydrogen-bond acceptors (Lipinski definition) is 2. The standard InChI is InChI=1S/C17H15BrO2/c1-11-15(6-3-7-16(11)18)17(19)12-4-2-5-14(10-12)20-13-8-9-13/h2-7,10,13H,8-9H2,1H3. The minimum Gasteiger partial charge on any atom is -0.490 e. The number of rotatable bonds is 4. The number of benzene rings is 2. The Morgan fingerprint density at radius 2 is 1.95 bits per heavy atom. The fourth-order valence-corrected chi connectivity index (χ4v) is 2.46. The monoisotopic (exact) mass is 330 g/mol. The molecule has 0 spiro atoms. The Balaban J connectivity index is 1.91. The molecule has 1 fully saturated rings. The predicted octanol–water partition coefficient (Wildman–Crippen LogP) is 4.53. The molecular weight excluding hydrogens is 316 g/mol. The van der Waals surface area contributed by atoms with Gasteiger partial charge in [-0.3, -0.25) is 4.79 Å². The number of carbonyl (C=O) groups excluding carboxylic acids is 1. The molecule has 0 amide bonds. The van der Waals surface area contributed by atoms with Crippen molar-refractivity contribution in [2.75, 3.05) is 0 Å². The Hall–Kier alpha value is -1.61. The van der Waals surface area contributed by atoms with E-state index in [1.807, 2.05) is 49.4 Å². The molecule has 1 aliphatic carbocycles. The van der Waals surface area contributed by atoms with Gasteiger partial charge in [0, 0.05) is 15.6 Å². The van der Waals surface area contributed by atoms with Crippen molar-refractivity contribution in [3.8, 4) is 5.75 Å². The summed E-state index contributed by atoms with van der Waals surface area (Å²) < 4.78 is 6.70. The first-order valence-corrected chi connectivity index (χ1v) is 7.51. The lowest BCUT2D eigenvalue weighted by molar-refractivity contribution is 0.103. The molecule has 2 nitrogen and oxygen atoms in total. The van der Waals surface area contributed by atoms with E-state index in [0.717, 1.165) is 34.2 Å². The van der Waals surface area contributed by atoms with Crippen molar-refractivity contribution in [2.24, 2.45) is 0 Å². The molecule has 102 valence electrons. The Kier molecular flexibility index (Phi) is 3.62. The number of carbonyl (C=O) groups is 1. The highest BCUT2D eigenvalue weighted by Crippen LogP contribution is 2.28. The van der Waals surface area contributed by atoms with Crippen LogP contribution in [0.1, 0.15) is 34.3 Å². The van der Waals surface area contributed by atoms with Crippen LogP contribution in [0.5, 0.6) is 5.75 Å². The third-order valence-electron chi connectivity index (χ3n) is 3.44. The van der Waals surface area contributed by atoms with E-state index < -0.39 is 0 Å². The van der Waals surface area contributed by atoms with Crippen LogP contribution in [-0.4, -0.2) is 11.9 Å². The quantitative estimate of drug-likeness (QED) is 0.770. The van der Waals surface area contributed by atoms with Gasteiger partial charge in [0.25, 0.3) is 0 Å². The Bertz CT molecular complexity index is 660. The van der Waals surface area contributed by atoms with Crippen LogP contribution in [0.25, 0.3) is 0 Å². The number of ether oxygens (including phenoxy) is 1. The molecule has 3 heteroatoms. The topological polar surface area (TPSA) is 26.3 Å². The van der Waals surface area contributed by atoms with Crippen molar-refractivity contribution < 1.29 is 9.53 Å². The number of ketones is 1. The lowest BCUT2D eigenvalue weighted by atomic mass is 9.99. The van der Waals surface area contributed by atoms with E-state index in [0.29, 0.717) is 11.7 Å². The maximum atomic E-state index is 12.6. The maximum absolute atomic E-state index is 12.6. The summed E-state index contributed by atoms with van der Waals surface area (Å²) in [5, 5.41) is 0. The highest BCUT2D eigenvalue weighted by atomic mass is 79.9. The molecule has 2 aromatic carbocycles. The summed E-state index contributed by atoms with van der Waals surface area (Å²) >= 11 is 3.47. The maximum Gasteiger partial charge on any atom is 0.193 e. The zero-order valence-corrected chi connectivity index (χ0v) is 12.8. The molecular formula is C17H15BrO2. The van der Waals surface area contributed by atoms with Gasteiger partial charge >= 0.3 is 0 Å². The van der Waals surface area contributed by atoms with Gasteiger partial charge in [-0.25, -0.2) is 0 Å². The van der Waals surface area contributed by atoms with Crippen molar-refractivity contribution in [2.45, 2.75) is 25.9 Å². The van der Waals surface area contributed by atoms with Crippen LogP contribution in [0.15, 0.2) is 46.9 Å². The molecule has 1 aliphatic rings. The summed E-state index contributed by atoms with van der Waals surface area (Å²) in [6, 6.07) is 13.1. The molecule has 0 bridgehead atoms. The fraction of sp³-hybridized carbons (Fsp3) is 0.235. The van der Waals surface area contributed by atoms with Crippen LogP contribution in [0.4, 0.5) is 0 Å². The molecule has 0 radical (unpaired) electrons. The Morgan fingerprint density at radius 3 is 2.70 bits per heavy atom. The largest absolute Gasteiger partial charge is 0.490 e. The highest BCUT2D eigenvalue weighted by molar-refractivity contribution is 9.10. The van der Waals surface area contributed by atoms with Gasteiger partial charge in [0.1, 0.15) is 5.75 Å². The molecule has 0 saturated heterocycles. The molecule has 0 aliphatic heterocycles. The summed E-state index contributed by atoms with van der Waals surface area (Å²) in [6.45, 7) is 1.95. The van der Waals surface area contributed by atoms with Gasteiger partial charge < -0.3 is 4.74 Å². The minimum absolute atomic E-state index is 0.0325. The van der Waals surface area contributed by atoms with E-state index in [1.165, 1.54) is 0 Å². The van der Waals surface area contributed by atoms with Crippen LogP contribution in [0.2, 0.25) is 0 Å². The summed E-state index contributed by atoms with van der Waals surface area (Å²) in [5.41, 5.74) is 2.36. The molecule has 0 N–H and O–H groups in total. The van der Waals surface area contributed by atoms with Crippen molar-refractivity contribution >= 4 is 21.7 Å². The van der Waals surface area contributed by atoms with E-state index in [-0.39, 0.29) is 5.78 Å². The fourth-order valence-electron chi connectivity index (χ4n) is 2.10. The summed E-state index contributed by atoms with van der Waals surface area (Å²) in [6.07, 6.45) is 2.57. The lowest BCUT2D eigenvalue weighted by Crippen LogP contribution is -2.05. The first kappa shape index (κ1) is 13.4. The van der Waals surface area contributed by atoms with Crippen molar-refractivity contribution in [3.63, 3.8) is 0 Å². The average Bonchev–Trinajstić information content (AvgIpc) is 3.25. The van der Waals surface area contributed by atoms with Crippen LogP contribution in [0, 0.1) is 6.92 Å². The van der Waals surface area contributed by atoms with Crippen LogP contribution in [0.3, 0.4) is 0 Å². The second-order valence-electron chi connectivity index (χ2n) is 5.09. The zero-order valence-electron chi connectivity index (χ0n) is 11.2.